The maximum absolute atomic E-state index is 12.0. The number of ether oxygens (including phenoxy) is 1. The van der Waals surface area contributed by atoms with Gasteiger partial charge in [-0.25, -0.2) is 9.97 Å². The van der Waals surface area contributed by atoms with Crippen molar-refractivity contribution in [3.05, 3.63) is 54.5 Å². The summed E-state index contributed by atoms with van der Waals surface area (Å²) in [5, 5.41) is 10.6. The number of carbonyl (C=O) groups is 1. The zero-order valence-corrected chi connectivity index (χ0v) is 15.3. The molecule has 1 aromatic heterocycles. The molecule has 27 heavy (non-hydrogen) atoms. The molecule has 4 rings (SSSR count). The Morgan fingerprint density at radius 1 is 1.11 bits per heavy atom. The number of methoxy groups -OCH3 is 1. The van der Waals surface area contributed by atoms with Crippen LogP contribution in [0.3, 0.4) is 0 Å². The number of benzene rings is 2. The fraction of sp³-hybridized carbons (Fsp3) is 0.318. The second-order valence-electron chi connectivity index (χ2n) is 7.09. The van der Waals surface area contributed by atoms with Gasteiger partial charge in [0.1, 0.15) is 12.1 Å². The lowest BCUT2D eigenvalue weighted by molar-refractivity contribution is -0.146. The van der Waals surface area contributed by atoms with Gasteiger partial charge in [0.25, 0.3) is 0 Å². The number of aromatic hydroxyl groups is 1. The van der Waals surface area contributed by atoms with Crippen molar-refractivity contribution in [3.8, 4) is 16.9 Å². The fourth-order valence-electron chi connectivity index (χ4n) is 4.14. The Morgan fingerprint density at radius 3 is 2.70 bits per heavy atom. The van der Waals surface area contributed by atoms with Crippen molar-refractivity contribution in [1.29, 1.82) is 0 Å². The molecule has 1 saturated carbocycles. The number of hydrogen-bond donors (Lipinski definition) is 1. The molecule has 2 unspecified atom stereocenters. The fourth-order valence-corrected chi connectivity index (χ4v) is 4.14. The van der Waals surface area contributed by atoms with E-state index in [4.69, 9.17) is 4.74 Å². The maximum Gasteiger partial charge on any atom is 0.308 e. The smallest absolute Gasteiger partial charge is 0.308 e. The molecule has 0 amide bonds. The van der Waals surface area contributed by atoms with E-state index in [0.29, 0.717) is 0 Å². The highest BCUT2D eigenvalue weighted by Crippen LogP contribution is 2.40. The largest absolute Gasteiger partial charge is 0.508 e. The maximum atomic E-state index is 12.0. The van der Waals surface area contributed by atoms with Gasteiger partial charge >= 0.3 is 5.97 Å². The van der Waals surface area contributed by atoms with Gasteiger partial charge in [-0.1, -0.05) is 30.7 Å². The number of fused-ring (bicyclic) bond motifs is 1. The second-order valence-corrected chi connectivity index (χ2v) is 7.09. The normalized spacial score (nSPS) is 19.7. The van der Waals surface area contributed by atoms with Gasteiger partial charge in [-0.3, -0.25) is 4.79 Å². The van der Waals surface area contributed by atoms with Crippen molar-refractivity contribution in [2.45, 2.75) is 31.6 Å². The van der Waals surface area contributed by atoms with Gasteiger partial charge < -0.3 is 9.84 Å². The molecule has 1 aliphatic rings. The molecule has 1 N–H and O–H groups in total. The summed E-state index contributed by atoms with van der Waals surface area (Å²) in [6.45, 7) is 0. The van der Waals surface area contributed by atoms with Crippen LogP contribution in [0.25, 0.3) is 22.0 Å². The number of hydrogen-bond acceptors (Lipinski definition) is 5. The highest BCUT2D eigenvalue weighted by atomic mass is 16.5. The van der Waals surface area contributed by atoms with Crippen molar-refractivity contribution in [3.63, 3.8) is 0 Å². The number of aromatic nitrogens is 2. The summed E-state index contributed by atoms with van der Waals surface area (Å²) < 4.78 is 4.97. The summed E-state index contributed by atoms with van der Waals surface area (Å²) in [6.07, 6.45) is 5.22. The van der Waals surface area contributed by atoms with Gasteiger partial charge in [-0.05, 0) is 48.6 Å². The minimum absolute atomic E-state index is 0.0698. The van der Waals surface area contributed by atoms with E-state index in [1.54, 1.807) is 18.5 Å². The first-order valence-electron chi connectivity index (χ1n) is 9.28. The van der Waals surface area contributed by atoms with Crippen LogP contribution in [0.2, 0.25) is 0 Å². The second kappa shape index (κ2) is 7.35. The van der Waals surface area contributed by atoms with E-state index in [9.17, 15) is 9.90 Å². The summed E-state index contributed by atoms with van der Waals surface area (Å²) in [6, 6.07) is 13.2. The lowest BCUT2D eigenvalue weighted by atomic mass is 9.78. The molecule has 1 heterocycles. The Kier molecular flexibility index (Phi) is 4.75. The van der Waals surface area contributed by atoms with Crippen molar-refractivity contribution in [2.75, 3.05) is 7.11 Å². The molecule has 5 nitrogen and oxygen atoms in total. The predicted molar refractivity (Wildman–Crippen MR) is 103 cm³/mol. The SMILES string of the molecule is COC(=O)C1CCCC(c2ncnc3cccc(-c4ccc(O)cc4)c23)C1. The Balaban J connectivity index is 1.81. The quantitative estimate of drug-likeness (QED) is 0.697. The first kappa shape index (κ1) is 17.5. The summed E-state index contributed by atoms with van der Waals surface area (Å²) in [5.74, 6) is 0.242. The van der Waals surface area contributed by atoms with E-state index in [0.717, 1.165) is 53.4 Å². The van der Waals surface area contributed by atoms with E-state index < -0.39 is 0 Å². The number of carbonyl (C=O) groups excluding carboxylic acids is 1. The lowest BCUT2D eigenvalue weighted by Gasteiger charge is -2.28. The Hall–Kier alpha value is -2.95. The molecule has 0 radical (unpaired) electrons. The molecule has 1 fully saturated rings. The van der Waals surface area contributed by atoms with Gasteiger partial charge in [0.05, 0.1) is 24.2 Å². The zero-order valence-electron chi connectivity index (χ0n) is 15.3. The topological polar surface area (TPSA) is 72.3 Å². The molecule has 1 aliphatic carbocycles. The molecule has 3 aromatic rings. The van der Waals surface area contributed by atoms with Crippen molar-refractivity contribution < 1.29 is 14.6 Å². The first-order chi connectivity index (χ1) is 13.2. The van der Waals surface area contributed by atoms with Crippen molar-refractivity contribution in [1.82, 2.24) is 9.97 Å². The van der Waals surface area contributed by atoms with Gasteiger partial charge in [0.15, 0.2) is 0 Å². The number of phenols is 1. The van der Waals surface area contributed by atoms with E-state index in [1.807, 2.05) is 24.3 Å². The van der Waals surface area contributed by atoms with Crippen LogP contribution < -0.4 is 0 Å². The first-order valence-corrected chi connectivity index (χ1v) is 9.28. The number of nitrogens with zero attached hydrogens (tertiary/aromatic N) is 2. The van der Waals surface area contributed by atoms with Crippen LogP contribution in [-0.2, 0) is 9.53 Å². The van der Waals surface area contributed by atoms with Gasteiger partial charge in [0, 0.05) is 11.3 Å². The van der Waals surface area contributed by atoms with Crippen molar-refractivity contribution in [2.24, 2.45) is 5.92 Å². The van der Waals surface area contributed by atoms with E-state index >= 15 is 0 Å². The Labute approximate surface area is 158 Å². The summed E-state index contributed by atoms with van der Waals surface area (Å²) in [7, 11) is 1.45. The molecule has 0 saturated heterocycles. The lowest BCUT2D eigenvalue weighted by Crippen LogP contribution is -2.23. The average molecular weight is 362 g/mol. The summed E-state index contributed by atoms with van der Waals surface area (Å²) in [4.78, 5) is 21.1. The third-order valence-electron chi connectivity index (χ3n) is 5.47. The zero-order chi connectivity index (χ0) is 18.8. The Bertz CT molecular complexity index is 964. The molecular weight excluding hydrogens is 340 g/mol. The van der Waals surface area contributed by atoms with Gasteiger partial charge in [-0.2, -0.15) is 0 Å². The van der Waals surface area contributed by atoms with Crippen LogP contribution in [0.4, 0.5) is 0 Å². The molecule has 138 valence electrons. The highest BCUT2D eigenvalue weighted by Gasteiger charge is 2.30. The van der Waals surface area contributed by atoms with Crippen LogP contribution in [0.1, 0.15) is 37.3 Å². The van der Waals surface area contributed by atoms with Crippen LogP contribution in [0, 0.1) is 5.92 Å². The van der Waals surface area contributed by atoms with E-state index in [-0.39, 0.29) is 23.6 Å². The number of rotatable bonds is 3. The minimum Gasteiger partial charge on any atom is -0.508 e. The third kappa shape index (κ3) is 3.37. The molecule has 2 atom stereocenters. The number of esters is 1. The van der Waals surface area contributed by atoms with Crippen LogP contribution >= 0.6 is 0 Å². The average Bonchev–Trinajstić information content (AvgIpc) is 2.73. The van der Waals surface area contributed by atoms with Crippen LogP contribution in [-0.4, -0.2) is 28.2 Å². The van der Waals surface area contributed by atoms with Gasteiger partial charge in [0.2, 0.25) is 0 Å². The van der Waals surface area contributed by atoms with E-state index in [2.05, 4.69) is 16.0 Å². The molecule has 2 aromatic carbocycles. The standard InChI is InChI=1S/C22H22N2O3/c1-27-22(26)16-5-2-4-15(12-16)21-20-18(14-8-10-17(25)11-9-14)6-3-7-19(20)23-13-24-21/h3,6-11,13,15-16,25H,2,4-5,12H2,1H3. The van der Waals surface area contributed by atoms with Crippen molar-refractivity contribution >= 4 is 16.9 Å². The summed E-state index contributed by atoms with van der Waals surface area (Å²) >= 11 is 0. The minimum atomic E-state index is -0.128. The van der Waals surface area contributed by atoms with Crippen LogP contribution in [0.15, 0.2) is 48.8 Å². The van der Waals surface area contributed by atoms with E-state index in [1.165, 1.54) is 7.11 Å². The highest BCUT2D eigenvalue weighted by molar-refractivity contribution is 5.96. The van der Waals surface area contributed by atoms with Gasteiger partial charge in [-0.15, -0.1) is 0 Å². The molecular formula is C22H22N2O3. The van der Waals surface area contributed by atoms with Crippen LogP contribution in [0.5, 0.6) is 5.75 Å². The third-order valence-corrected chi connectivity index (χ3v) is 5.47. The molecule has 0 spiro atoms. The number of phenolic OH excluding ortho intramolecular Hbond substituents is 1. The molecule has 0 bridgehead atoms. The molecule has 0 aliphatic heterocycles. The molecule has 5 heteroatoms. The monoisotopic (exact) mass is 362 g/mol. The summed E-state index contributed by atoms with van der Waals surface area (Å²) in [5.41, 5.74) is 3.95. The predicted octanol–water partition coefficient (Wildman–Crippen LogP) is 4.45. The Morgan fingerprint density at radius 2 is 1.93 bits per heavy atom.